The Balaban J connectivity index is 2.17. The van der Waals surface area contributed by atoms with Crippen LogP contribution >= 0.6 is 33.9 Å². The summed E-state index contributed by atoms with van der Waals surface area (Å²) in [5.41, 5.74) is 1.02. The van der Waals surface area contributed by atoms with E-state index in [9.17, 15) is 9.59 Å². The third kappa shape index (κ3) is 3.32. The van der Waals surface area contributed by atoms with Crippen LogP contribution in [0.3, 0.4) is 0 Å². The fraction of sp³-hybridized carbons (Fsp3) is 0.0769. The molecular weight excluding hydrogens is 377 g/mol. The van der Waals surface area contributed by atoms with Crippen molar-refractivity contribution in [3.8, 4) is 0 Å². The Hall–Kier alpha value is -1.41. The number of carbonyl (C=O) groups is 2. The zero-order chi connectivity index (χ0) is 13.8. The predicted octanol–water partition coefficient (Wildman–Crippen LogP) is 3.39. The summed E-state index contributed by atoms with van der Waals surface area (Å²) in [6.45, 7) is 0. The molecule has 0 aliphatic carbocycles. The first-order valence-corrected chi connectivity index (χ1v) is 7.30. The molecule has 0 atom stereocenters. The highest BCUT2D eigenvalue weighted by Crippen LogP contribution is 2.23. The molecule has 0 radical (unpaired) electrons. The second-order valence-electron chi connectivity index (χ2n) is 3.62. The van der Waals surface area contributed by atoms with E-state index in [-0.39, 0.29) is 5.91 Å². The van der Waals surface area contributed by atoms with Crippen LogP contribution in [-0.2, 0) is 4.74 Å². The second-order valence-corrected chi connectivity index (χ2v) is 5.78. The maximum absolute atomic E-state index is 12.0. The highest BCUT2D eigenvalue weighted by Gasteiger charge is 2.16. The second kappa shape index (κ2) is 6.16. The van der Waals surface area contributed by atoms with E-state index in [0.29, 0.717) is 16.1 Å². The van der Waals surface area contributed by atoms with Crippen molar-refractivity contribution in [3.05, 3.63) is 49.7 Å². The molecular formula is C13H10INO3S. The number of carbonyl (C=O) groups excluding carboxylic acids is 2. The fourth-order valence-electron chi connectivity index (χ4n) is 1.45. The van der Waals surface area contributed by atoms with Crippen LogP contribution in [0.5, 0.6) is 0 Å². The predicted molar refractivity (Wildman–Crippen MR) is 82.8 cm³/mol. The summed E-state index contributed by atoms with van der Waals surface area (Å²) in [5, 5.41) is 4.44. The minimum atomic E-state index is -0.451. The zero-order valence-electron chi connectivity index (χ0n) is 9.98. The van der Waals surface area contributed by atoms with Crippen LogP contribution in [0.15, 0.2) is 35.7 Å². The summed E-state index contributed by atoms with van der Waals surface area (Å²) in [6.07, 6.45) is 0. The maximum atomic E-state index is 12.0. The molecule has 0 aliphatic heterocycles. The number of thiophene rings is 1. The summed E-state index contributed by atoms with van der Waals surface area (Å²) in [4.78, 5) is 23.9. The molecule has 4 nitrogen and oxygen atoms in total. The van der Waals surface area contributed by atoms with Gasteiger partial charge in [-0.25, -0.2) is 4.79 Å². The molecule has 1 aromatic heterocycles. The molecule has 0 aliphatic rings. The Kier molecular flexibility index (Phi) is 4.54. The number of benzene rings is 1. The molecule has 0 bridgehead atoms. The van der Waals surface area contributed by atoms with Crippen molar-refractivity contribution in [3.63, 3.8) is 0 Å². The first kappa shape index (κ1) is 14.0. The highest BCUT2D eigenvalue weighted by molar-refractivity contribution is 14.1. The van der Waals surface area contributed by atoms with Crippen molar-refractivity contribution in [1.82, 2.24) is 0 Å². The molecule has 0 fully saturated rings. The van der Waals surface area contributed by atoms with Gasteiger partial charge in [0.05, 0.1) is 12.8 Å². The Morgan fingerprint density at radius 3 is 2.53 bits per heavy atom. The van der Waals surface area contributed by atoms with E-state index >= 15 is 0 Å². The lowest BCUT2D eigenvalue weighted by molar-refractivity contribution is 0.0607. The largest absolute Gasteiger partial charge is 0.465 e. The first-order chi connectivity index (χ1) is 9.11. The third-order valence-electron chi connectivity index (χ3n) is 2.39. The Morgan fingerprint density at radius 1 is 1.21 bits per heavy atom. The topological polar surface area (TPSA) is 55.4 Å². The van der Waals surface area contributed by atoms with E-state index in [1.165, 1.54) is 18.4 Å². The van der Waals surface area contributed by atoms with Crippen LogP contribution in [0.1, 0.15) is 20.0 Å². The molecule has 0 spiro atoms. The molecule has 0 unspecified atom stereocenters. The molecule has 1 aromatic carbocycles. The average molecular weight is 387 g/mol. The molecule has 1 amide bonds. The highest BCUT2D eigenvalue weighted by atomic mass is 127. The van der Waals surface area contributed by atoms with Gasteiger partial charge in [-0.05, 0) is 58.3 Å². The van der Waals surface area contributed by atoms with E-state index in [2.05, 4.69) is 32.6 Å². The number of rotatable bonds is 3. The van der Waals surface area contributed by atoms with Crippen molar-refractivity contribution in [2.45, 2.75) is 0 Å². The van der Waals surface area contributed by atoms with Gasteiger partial charge in [-0.15, -0.1) is 11.3 Å². The van der Waals surface area contributed by atoms with Gasteiger partial charge in [0.1, 0.15) is 4.88 Å². The smallest absolute Gasteiger partial charge is 0.350 e. The number of nitrogens with one attached hydrogen (secondary N) is 1. The van der Waals surface area contributed by atoms with Crippen LogP contribution < -0.4 is 5.32 Å². The van der Waals surface area contributed by atoms with Gasteiger partial charge < -0.3 is 10.1 Å². The summed E-state index contributed by atoms with van der Waals surface area (Å²) in [6, 6.07) is 8.86. The Morgan fingerprint density at radius 2 is 1.89 bits per heavy atom. The van der Waals surface area contributed by atoms with Gasteiger partial charge in [0, 0.05) is 9.13 Å². The monoisotopic (exact) mass is 387 g/mol. The lowest BCUT2D eigenvalue weighted by atomic mass is 10.2. The van der Waals surface area contributed by atoms with E-state index in [0.717, 1.165) is 3.57 Å². The van der Waals surface area contributed by atoms with Crippen LogP contribution in [0, 0.1) is 3.57 Å². The number of amides is 1. The van der Waals surface area contributed by atoms with Gasteiger partial charge in [-0.2, -0.15) is 0 Å². The quantitative estimate of drug-likeness (QED) is 0.649. The molecule has 2 aromatic rings. The van der Waals surface area contributed by atoms with Crippen molar-refractivity contribution >= 4 is 51.5 Å². The summed E-state index contributed by atoms with van der Waals surface area (Å²) in [7, 11) is 1.31. The van der Waals surface area contributed by atoms with E-state index in [1.54, 1.807) is 23.6 Å². The normalized spacial score (nSPS) is 10.0. The molecule has 0 saturated heterocycles. The SMILES string of the molecule is COC(=O)c1sccc1NC(=O)c1ccc(I)cc1. The molecule has 19 heavy (non-hydrogen) atoms. The molecule has 98 valence electrons. The van der Waals surface area contributed by atoms with Crippen LogP contribution in [0.4, 0.5) is 5.69 Å². The minimum Gasteiger partial charge on any atom is -0.465 e. The Bertz CT molecular complexity index is 607. The number of esters is 1. The molecule has 0 saturated carbocycles. The van der Waals surface area contributed by atoms with Gasteiger partial charge >= 0.3 is 5.97 Å². The number of hydrogen-bond donors (Lipinski definition) is 1. The van der Waals surface area contributed by atoms with Gasteiger partial charge in [0.2, 0.25) is 0 Å². The number of methoxy groups -OCH3 is 1. The third-order valence-corrected chi connectivity index (χ3v) is 4.00. The van der Waals surface area contributed by atoms with Crippen LogP contribution in [-0.4, -0.2) is 19.0 Å². The first-order valence-electron chi connectivity index (χ1n) is 5.34. The van der Waals surface area contributed by atoms with Crippen molar-refractivity contribution in [1.29, 1.82) is 0 Å². The fourth-order valence-corrected chi connectivity index (χ4v) is 2.58. The molecule has 2 rings (SSSR count). The Labute approximate surface area is 127 Å². The van der Waals surface area contributed by atoms with Crippen molar-refractivity contribution < 1.29 is 14.3 Å². The van der Waals surface area contributed by atoms with Crippen molar-refractivity contribution in [2.24, 2.45) is 0 Å². The summed E-state index contributed by atoms with van der Waals surface area (Å²) >= 11 is 3.40. The molecule has 1 N–H and O–H groups in total. The van der Waals surface area contributed by atoms with Gasteiger partial charge in [-0.1, -0.05) is 0 Å². The lowest BCUT2D eigenvalue weighted by Crippen LogP contribution is -2.13. The average Bonchev–Trinajstić information content (AvgIpc) is 2.86. The standard InChI is InChI=1S/C13H10INO3S/c1-18-13(17)11-10(6-7-19-11)15-12(16)8-2-4-9(14)5-3-8/h2-7H,1H3,(H,15,16). The van der Waals surface area contributed by atoms with Crippen molar-refractivity contribution in [2.75, 3.05) is 12.4 Å². The number of ether oxygens (including phenoxy) is 1. The summed E-state index contributed by atoms with van der Waals surface area (Å²) in [5.74, 6) is -0.701. The van der Waals surface area contributed by atoms with E-state index in [1.807, 2.05) is 12.1 Å². The van der Waals surface area contributed by atoms with E-state index in [4.69, 9.17) is 0 Å². The van der Waals surface area contributed by atoms with E-state index < -0.39 is 5.97 Å². The number of hydrogen-bond acceptors (Lipinski definition) is 4. The van der Waals surface area contributed by atoms with Gasteiger partial charge in [-0.3, -0.25) is 4.79 Å². The number of halogens is 1. The van der Waals surface area contributed by atoms with Crippen LogP contribution in [0.2, 0.25) is 0 Å². The molecule has 6 heteroatoms. The molecule has 1 heterocycles. The summed E-state index contributed by atoms with van der Waals surface area (Å²) < 4.78 is 5.71. The number of anilines is 1. The van der Waals surface area contributed by atoms with Gasteiger partial charge in [0.15, 0.2) is 0 Å². The zero-order valence-corrected chi connectivity index (χ0v) is 12.9. The van der Waals surface area contributed by atoms with Gasteiger partial charge in [0.25, 0.3) is 5.91 Å². The van der Waals surface area contributed by atoms with Crippen LogP contribution in [0.25, 0.3) is 0 Å². The maximum Gasteiger partial charge on any atom is 0.350 e. The lowest BCUT2D eigenvalue weighted by Gasteiger charge is -2.05. The minimum absolute atomic E-state index is 0.250.